The van der Waals surface area contributed by atoms with E-state index in [-0.39, 0.29) is 28.8 Å². The largest absolute Gasteiger partial charge is 0.493 e. The standard InChI is InChI=1S/C16H14N4O4/c1-10(21)19-13-8-4-2-6-11(13)15(16(19)22)18-17-12-7-3-5-9-14(12)20(23)24/h2-9,17-18,22H,1H3. The fourth-order valence-electron chi connectivity index (χ4n) is 2.54. The Morgan fingerprint density at radius 2 is 1.79 bits per heavy atom. The second-order valence-electron chi connectivity index (χ2n) is 5.09. The highest BCUT2D eigenvalue weighted by Crippen LogP contribution is 2.36. The minimum absolute atomic E-state index is 0.111. The van der Waals surface area contributed by atoms with Gasteiger partial charge in [-0.2, -0.15) is 0 Å². The van der Waals surface area contributed by atoms with E-state index < -0.39 is 4.92 Å². The van der Waals surface area contributed by atoms with Crippen molar-refractivity contribution in [3.8, 4) is 5.88 Å². The summed E-state index contributed by atoms with van der Waals surface area (Å²) in [5.74, 6) is -0.614. The number of nitro benzene ring substituents is 1. The molecule has 0 aliphatic rings. The van der Waals surface area contributed by atoms with Crippen LogP contribution in [0.25, 0.3) is 10.9 Å². The van der Waals surface area contributed by atoms with Crippen molar-refractivity contribution in [2.24, 2.45) is 0 Å². The maximum Gasteiger partial charge on any atom is 0.294 e. The molecule has 0 unspecified atom stereocenters. The molecule has 0 aliphatic heterocycles. The number of nitrogens with one attached hydrogen (secondary N) is 2. The normalized spacial score (nSPS) is 10.5. The zero-order valence-corrected chi connectivity index (χ0v) is 12.7. The number of carbonyl (C=O) groups excluding carboxylic acids is 1. The Kier molecular flexibility index (Phi) is 3.78. The van der Waals surface area contributed by atoms with E-state index in [2.05, 4.69) is 10.9 Å². The van der Waals surface area contributed by atoms with Gasteiger partial charge >= 0.3 is 0 Å². The van der Waals surface area contributed by atoms with E-state index in [0.717, 1.165) is 0 Å². The lowest BCUT2D eigenvalue weighted by atomic mass is 10.2. The summed E-state index contributed by atoms with van der Waals surface area (Å²) in [6.07, 6.45) is 0. The summed E-state index contributed by atoms with van der Waals surface area (Å²) in [5, 5.41) is 22.0. The van der Waals surface area contributed by atoms with Gasteiger partial charge in [-0.25, -0.2) is 4.57 Å². The first-order valence-electron chi connectivity index (χ1n) is 7.09. The number of rotatable bonds is 4. The van der Waals surface area contributed by atoms with E-state index in [0.29, 0.717) is 10.9 Å². The third-order valence-electron chi connectivity index (χ3n) is 3.59. The first kappa shape index (κ1) is 15.3. The van der Waals surface area contributed by atoms with Gasteiger partial charge in [0.25, 0.3) is 5.69 Å². The number of benzene rings is 2. The summed E-state index contributed by atoms with van der Waals surface area (Å²) in [6, 6.07) is 13.1. The molecule has 0 atom stereocenters. The molecule has 0 saturated heterocycles. The van der Waals surface area contributed by atoms with Crippen LogP contribution in [0.1, 0.15) is 11.7 Å². The summed E-state index contributed by atoms with van der Waals surface area (Å²) >= 11 is 0. The Morgan fingerprint density at radius 1 is 1.12 bits per heavy atom. The molecule has 3 rings (SSSR count). The van der Waals surface area contributed by atoms with Gasteiger partial charge < -0.3 is 5.11 Å². The van der Waals surface area contributed by atoms with E-state index in [4.69, 9.17) is 0 Å². The van der Waals surface area contributed by atoms with Crippen LogP contribution in [0.2, 0.25) is 0 Å². The molecule has 8 nitrogen and oxygen atoms in total. The molecule has 0 radical (unpaired) electrons. The SMILES string of the molecule is CC(=O)n1c(O)c(NNc2ccccc2[N+](=O)[O-])c2ccccc21. The second-order valence-corrected chi connectivity index (χ2v) is 5.09. The molecule has 8 heteroatoms. The summed E-state index contributed by atoms with van der Waals surface area (Å²) in [5.41, 5.74) is 6.41. The average molecular weight is 326 g/mol. The minimum atomic E-state index is -0.511. The number of anilines is 2. The third kappa shape index (κ3) is 2.50. The molecule has 122 valence electrons. The number of nitro groups is 1. The molecular formula is C16H14N4O4. The highest BCUT2D eigenvalue weighted by molar-refractivity contribution is 6.03. The fraction of sp³-hybridized carbons (Fsp3) is 0.0625. The van der Waals surface area contributed by atoms with Crippen LogP contribution in [0.15, 0.2) is 48.5 Å². The smallest absolute Gasteiger partial charge is 0.294 e. The molecule has 0 fully saturated rings. The zero-order valence-electron chi connectivity index (χ0n) is 12.7. The van der Waals surface area contributed by atoms with Crippen LogP contribution in [0.3, 0.4) is 0 Å². The van der Waals surface area contributed by atoms with Gasteiger partial charge in [-0.15, -0.1) is 0 Å². The van der Waals surface area contributed by atoms with E-state index >= 15 is 0 Å². The predicted molar refractivity (Wildman–Crippen MR) is 90.2 cm³/mol. The second kappa shape index (κ2) is 5.92. The van der Waals surface area contributed by atoms with Crippen LogP contribution in [0, 0.1) is 10.1 Å². The van der Waals surface area contributed by atoms with Crippen molar-refractivity contribution in [1.82, 2.24) is 4.57 Å². The maximum absolute atomic E-state index is 11.8. The molecule has 0 bridgehead atoms. The molecule has 3 N–H and O–H groups in total. The molecule has 1 heterocycles. The topological polar surface area (TPSA) is 109 Å². The molecule has 24 heavy (non-hydrogen) atoms. The zero-order chi connectivity index (χ0) is 17.3. The van der Waals surface area contributed by atoms with E-state index in [9.17, 15) is 20.0 Å². The molecule has 0 spiro atoms. The number of aromatic nitrogens is 1. The Hall–Kier alpha value is -3.55. The van der Waals surface area contributed by atoms with Gasteiger partial charge in [0.1, 0.15) is 11.4 Å². The average Bonchev–Trinajstić information content (AvgIpc) is 2.84. The number of hydrogen-bond donors (Lipinski definition) is 3. The maximum atomic E-state index is 11.8. The number of aromatic hydroxyl groups is 1. The van der Waals surface area contributed by atoms with Crippen molar-refractivity contribution in [2.45, 2.75) is 6.92 Å². The van der Waals surface area contributed by atoms with Crippen molar-refractivity contribution < 1.29 is 14.8 Å². The highest BCUT2D eigenvalue weighted by atomic mass is 16.6. The lowest BCUT2D eigenvalue weighted by Gasteiger charge is -2.09. The molecular weight excluding hydrogens is 312 g/mol. The Labute approximate surface area is 136 Å². The Morgan fingerprint density at radius 3 is 2.50 bits per heavy atom. The molecule has 0 aliphatic carbocycles. The van der Waals surface area contributed by atoms with Crippen molar-refractivity contribution in [3.63, 3.8) is 0 Å². The number of para-hydroxylation sites is 3. The van der Waals surface area contributed by atoms with Crippen LogP contribution in [0.4, 0.5) is 17.1 Å². The van der Waals surface area contributed by atoms with Crippen LogP contribution in [-0.2, 0) is 0 Å². The van der Waals surface area contributed by atoms with Gasteiger partial charge in [0.05, 0.1) is 10.4 Å². The highest BCUT2D eigenvalue weighted by Gasteiger charge is 2.19. The molecule has 0 saturated carbocycles. The van der Waals surface area contributed by atoms with Crippen LogP contribution in [0.5, 0.6) is 5.88 Å². The monoisotopic (exact) mass is 326 g/mol. The summed E-state index contributed by atoms with van der Waals surface area (Å²) in [6.45, 7) is 1.34. The Balaban J connectivity index is 2.02. The van der Waals surface area contributed by atoms with Gasteiger partial charge in [-0.1, -0.05) is 30.3 Å². The van der Waals surface area contributed by atoms with Gasteiger partial charge in [0.15, 0.2) is 0 Å². The van der Waals surface area contributed by atoms with Crippen molar-refractivity contribution in [3.05, 3.63) is 58.6 Å². The molecule has 1 aromatic heterocycles. The molecule has 2 aromatic carbocycles. The third-order valence-corrected chi connectivity index (χ3v) is 3.59. The van der Waals surface area contributed by atoms with E-state index in [1.807, 2.05) is 0 Å². The lowest BCUT2D eigenvalue weighted by Crippen LogP contribution is -2.10. The first-order chi connectivity index (χ1) is 11.5. The first-order valence-corrected chi connectivity index (χ1v) is 7.09. The summed E-state index contributed by atoms with van der Waals surface area (Å²) < 4.78 is 1.17. The summed E-state index contributed by atoms with van der Waals surface area (Å²) in [4.78, 5) is 22.3. The van der Waals surface area contributed by atoms with Gasteiger partial charge in [0, 0.05) is 18.4 Å². The number of fused-ring (bicyclic) bond motifs is 1. The summed E-state index contributed by atoms with van der Waals surface area (Å²) in [7, 11) is 0. The van der Waals surface area contributed by atoms with Crippen molar-refractivity contribution in [2.75, 3.05) is 10.9 Å². The number of nitrogens with zero attached hydrogens (tertiary/aromatic N) is 2. The van der Waals surface area contributed by atoms with E-state index in [1.165, 1.54) is 23.6 Å². The lowest BCUT2D eigenvalue weighted by molar-refractivity contribution is -0.383. The van der Waals surface area contributed by atoms with E-state index in [1.54, 1.807) is 36.4 Å². The van der Waals surface area contributed by atoms with Gasteiger partial charge in [-0.3, -0.25) is 25.8 Å². The number of carbonyl (C=O) groups is 1. The molecule has 3 aromatic rings. The molecule has 0 amide bonds. The Bertz CT molecular complexity index is 948. The van der Waals surface area contributed by atoms with Crippen molar-refractivity contribution in [1.29, 1.82) is 0 Å². The predicted octanol–water partition coefficient (Wildman–Crippen LogP) is 3.35. The van der Waals surface area contributed by atoms with Crippen LogP contribution in [-0.4, -0.2) is 20.5 Å². The number of hydrazine groups is 1. The van der Waals surface area contributed by atoms with Gasteiger partial charge in [-0.05, 0) is 12.1 Å². The minimum Gasteiger partial charge on any atom is -0.493 e. The van der Waals surface area contributed by atoms with Crippen molar-refractivity contribution >= 4 is 33.9 Å². The fourth-order valence-corrected chi connectivity index (χ4v) is 2.54. The van der Waals surface area contributed by atoms with Crippen LogP contribution < -0.4 is 10.9 Å². The quantitative estimate of drug-likeness (QED) is 0.501. The number of hydrogen-bond acceptors (Lipinski definition) is 6. The van der Waals surface area contributed by atoms with Crippen LogP contribution >= 0.6 is 0 Å². The van der Waals surface area contributed by atoms with Gasteiger partial charge in [0.2, 0.25) is 11.8 Å².